The van der Waals surface area contributed by atoms with Gasteiger partial charge in [0.25, 0.3) is 0 Å². The van der Waals surface area contributed by atoms with Crippen LogP contribution in [-0.2, 0) is 33.4 Å². The highest BCUT2D eigenvalue weighted by molar-refractivity contribution is 5.82. The molecule has 10 nitrogen and oxygen atoms in total. The third-order valence-electron chi connectivity index (χ3n) is 10.4. The van der Waals surface area contributed by atoms with Gasteiger partial charge in [0, 0.05) is 12.0 Å². The summed E-state index contributed by atoms with van der Waals surface area (Å²) in [5.74, 6) is -2.44. The van der Waals surface area contributed by atoms with Gasteiger partial charge in [0.1, 0.15) is 19.3 Å². The number of esters is 3. The number of nitrogens with one attached hydrogen (secondary N) is 1. The van der Waals surface area contributed by atoms with E-state index >= 15 is 0 Å². The average Bonchev–Trinajstić information content (AvgIpc) is 3.16. The smallest absolute Gasteiger partial charge is 0.309 e. The molecule has 1 amide bonds. The highest BCUT2D eigenvalue weighted by atomic mass is 16.6. The molecule has 0 heterocycles. The molecule has 10 heteroatoms. The van der Waals surface area contributed by atoms with Crippen molar-refractivity contribution in [3.05, 3.63) is 0 Å². The standard InChI is InChI=1S/C44H83NO9/c1-7-11-15-19-21-25-28-36(27-23-17-13-9-3)42(50)53-34-38(33-52-39(47)31-32-45-41(49)40(48)44(5,6)35-46)54-43(51)37(29-24-18-14-10-4)30-26-22-20-16-12-8-2/h36-38,40,46,48H,7-35H2,1-6H3,(H,45,49)/t36?,37?,38?,40-/m0/s1. The van der Waals surface area contributed by atoms with E-state index in [0.29, 0.717) is 0 Å². The fourth-order valence-corrected chi connectivity index (χ4v) is 6.49. The van der Waals surface area contributed by atoms with E-state index in [1.165, 1.54) is 38.5 Å². The normalized spacial score (nSPS) is 13.9. The van der Waals surface area contributed by atoms with Crippen LogP contribution in [-0.4, -0.2) is 72.6 Å². The summed E-state index contributed by atoms with van der Waals surface area (Å²) in [4.78, 5) is 52.2. The Kier molecular flexibility index (Phi) is 32.7. The molecule has 318 valence electrons. The molecular formula is C44H83NO9. The van der Waals surface area contributed by atoms with E-state index in [9.17, 15) is 29.4 Å². The summed E-state index contributed by atoms with van der Waals surface area (Å²) in [6, 6.07) is 0. The van der Waals surface area contributed by atoms with Crippen LogP contribution in [0.1, 0.15) is 202 Å². The van der Waals surface area contributed by atoms with Gasteiger partial charge in [-0.1, -0.05) is 170 Å². The van der Waals surface area contributed by atoms with Crippen LogP contribution in [0.2, 0.25) is 0 Å². The third-order valence-corrected chi connectivity index (χ3v) is 10.4. The fourth-order valence-electron chi connectivity index (χ4n) is 6.49. The van der Waals surface area contributed by atoms with Crippen molar-refractivity contribution < 1.29 is 43.6 Å². The summed E-state index contributed by atoms with van der Waals surface area (Å²) < 4.78 is 17.3. The summed E-state index contributed by atoms with van der Waals surface area (Å²) >= 11 is 0. The lowest BCUT2D eigenvalue weighted by atomic mass is 9.87. The maximum atomic E-state index is 13.7. The topological polar surface area (TPSA) is 148 Å². The summed E-state index contributed by atoms with van der Waals surface area (Å²) in [5, 5.41) is 22.2. The number of hydrogen-bond acceptors (Lipinski definition) is 9. The monoisotopic (exact) mass is 770 g/mol. The molecule has 3 unspecified atom stereocenters. The number of hydrogen-bond donors (Lipinski definition) is 3. The molecule has 0 bridgehead atoms. The Morgan fingerprint density at radius 1 is 0.574 bits per heavy atom. The first-order valence-corrected chi connectivity index (χ1v) is 22.1. The van der Waals surface area contributed by atoms with Crippen molar-refractivity contribution in [1.82, 2.24) is 5.32 Å². The summed E-state index contributed by atoms with van der Waals surface area (Å²) in [7, 11) is 0. The lowest BCUT2D eigenvalue weighted by molar-refractivity contribution is -0.171. The Bertz CT molecular complexity index is 956. The van der Waals surface area contributed by atoms with Crippen molar-refractivity contribution in [2.24, 2.45) is 17.3 Å². The Hall–Kier alpha value is -2.20. The maximum Gasteiger partial charge on any atom is 0.309 e. The summed E-state index contributed by atoms with van der Waals surface area (Å²) in [6.07, 6.45) is 22.5. The SMILES string of the molecule is CCCCCCCCC(CCCCCC)C(=O)OCC(COC(=O)CCNC(=O)[C@H](O)C(C)(C)CO)OC(=O)C(CCCCCC)CCCCCCCC. The van der Waals surface area contributed by atoms with E-state index in [1.807, 2.05) is 0 Å². The molecule has 0 aliphatic heterocycles. The van der Waals surface area contributed by atoms with Crippen molar-refractivity contribution in [1.29, 1.82) is 0 Å². The number of unbranched alkanes of at least 4 members (excludes halogenated alkanes) is 16. The lowest BCUT2D eigenvalue weighted by Gasteiger charge is -2.27. The van der Waals surface area contributed by atoms with Crippen LogP contribution < -0.4 is 5.32 Å². The second-order valence-corrected chi connectivity index (χ2v) is 16.2. The zero-order valence-corrected chi connectivity index (χ0v) is 35.6. The Labute approximate surface area is 330 Å². The van der Waals surface area contributed by atoms with Crippen LogP contribution in [0, 0.1) is 17.3 Å². The molecule has 0 aliphatic rings. The zero-order valence-electron chi connectivity index (χ0n) is 35.6. The summed E-state index contributed by atoms with van der Waals surface area (Å²) in [6.45, 7) is 10.9. The number of carbonyl (C=O) groups is 4. The zero-order chi connectivity index (χ0) is 40.5. The first-order valence-electron chi connectivity index (χ1n) is 22.1. The van der Waals surface area contributed by atoms with Crippen LogP contribution in [0.5, 0.6) is 0 Å². The Morgan fingerprint density at radius 2 is 0.963 bits per heavy atom. The third kappa shape index (κ3) is 26.6. The van der Waals surface area contributed by atoms with Gasteiger partial charge in [-0.3, -0.25) is 19.2 Å². The lowest BCUT2D eigenvalue weighted by Crippen LogP contribution is -2.46. The van der Waals surface area contributed by atoms with Crippen LogP contribution in [0.25, 0.3) is 0 Å². The van der Waals surface area contributed by atoms with E-state index in [0.717, 1.165) is 116 Å². The molecule has 4 atom stereocenters. The predicted molar refractivity (Wildman–Crippen MR) is 217 cm³/mol. The van der Waals surface area contributed by atoms with Gasteiger partial charge in [-0.2, -0.15) is 0 Å². The molecule has 3 N–H and O–H groups in total. The van der Waals surface area contributed by atoms with Gasteiger partial charge in [-0.25, -0.2) is 0 Å². The highest BCUT2D eigenvalue weighted by Gasteiger charge is 2.33. The second kappa shape index (κ2) is 34.1. The number of carbonyl (C=O) groups excluding carboxylic acids is 4. The van der Waals surface area contributed by atoms with Crippen LogP contribution >= 0.6 is 0 Å². The van der Waals surface area contributed by atoms with Crippen molar-refractivity contribution in [2.75, 3.05) is 26.4 Å². The van der Waals surface area contributed by atoms with Gasteiger partial charge < -0.3 is 29.7 Å². The van der Waals surface area contributed by atoms with Gasteiger partial charge >= 0.3 is 17.9 Å². The minimum Gasteiger partial charge on any atom is -0.462 e. The highest BCUT2D eigenvalue weighted by Crippen LogP contribution is 2.24. The number of ether oxygens (including phenoxy) is 3. The van der Waals surface area contributed by atoms with Gasteiger partial charge in [-0.05, 0) is 25.7 Å². The molecular weight excluding hydrogens is 686 g/mol. The fraction of sp³-hybridized carbons (Fsp3) is 0.909. The van der Waals surface area contributed by atoms with Crippen molar-refractivity contribution in [2.45, 2.75) is 214 Å². The molecule has 0 saturated heterocycles. The van der Waals surface area contributed by atoms with Gasteiger partial charge in [0.2, 0.25) is 5.91 Å². The Balaban J connectivity index is 5.65. The minimum atomic E-state index is -1.44. The number of aliphatic hydroxyl groups excluding tert-OH is 2. The van der Waals surface area contributed by atoms with E-state index < -0.39 is 29.5 Å². The van der Waals surface area contributed by atoms with E-state index in [-0.39, 0.29) is 56.6 Å². The molecule has 0 aromatic rings. The molecule has 0 fully saturated rings. The second-order valence-electron chi connectivity index (χ2n) is 16.2. The summed E-state index contributed by atoms with van der Waals surface area (Å²) in [5.41, 5.74) is -1.04. The molecule has 0 aliphatic carbocycles. The first kappa shape index (κ1) is 51.8. The molecule has 54 heavy (non-hydrogen) atoms. The van der Waals surface area contributed by atoms with E-state index in [1.54, 1.807) is 13.8 Å². The van der Waals surface area contributed by atoms with Crippen LogP contribution in [0.3, 0.4) is 0 Å². The molecule has 0 saturated carbocycles. The maximum absolute atomic E-state index is 13.7. The molecule has 0 aromatic carbocycles. The van der Waals surface area contributed by atoms with Crippen molar-refractivity contribution >= 4 is 23.8 Å². The average molecular weight is 770 g/mol. The quantitative estimate of drug-likeness (QED) is 0.0319. The first-order chi connectivity index (χ1) is 26.0. The van der Waals surface area contributed by atoms with Gasteiger partial charge in [0.15, 0.2) is 6.10 Å². The number of aliphatic hydroxyl groups is 2. The molecule has 0 spiro atoms. The largest absolute Gasteiger partial charge is 0.462 e. The molecule has 0 rings (SSSR count). The van der Waals surface area contributed by atoms with Crippen molar-refractivity contribution in [3.63, 3.8) is 0 Å². The Morgan fingerprint density at radius 3 is 1.41 bits per heavy atom. The van der Waals surface area contributed by atoms with Gasteiger partial charge in [0.05, 0.1) is 24.9 Å². The molecule has 0 aromatic heterocycles. The predicted octanol–water partition coefficient (Wildman–Crippen LogP) is 9.54. The number of rotatable bonds is 37. The van der Waals surface area contributed by atoms with Crippen LogP contribution in [0.15, 0.2) is 0 Å². The van der Waals surface area contributed by atoms with Crippen LogP contribution in [0.4, 0.5) is 0 Å². The van der Waals surface area contributed by atoms with Crippen molar-refractivity contribution in [3.8, 4) is 0 Å². The van der Waals surface area contributed by atoms with Gasteiger partial charge in [-0.15, -0.1) is 0 Å². The minimum absolute atomic E-state index is 0.0775. The van der Waals surface area contributed by atoms with E-state index in [4.69, 9.17) is 14.2 Å². The van der Waals surface area contributed by atoms with E-state index in [2.05, 4.69) is 33.0 Å². The number of amides is 1. The molecule has 0 radical (unpaired) electrons.